The van der Waals surface area contributed by atoms with Crippen LogP contribution < -0.4 is 0 Å². The number of nitrogens with zero attached hydrogens (tertiary/aromatic N) is 2. The first-order valence-electron chi connectivity index (χ1n) is 6.50. The fraction of sp³-hybridized carbons (Fsp3) is 0.615. The van der Waals surface area contributed by atoms with Crippen molar-refractivity contribution in [2.75, 3.05) is 13.1 Å². The van der Waals surface area contributed by atoms with Gasteiger partial charge in [0.1, 0.15) is 12.2 Å². The molecule has 0 radical (unpaired) electrons. The molecule has 0 saturated carbocycles. The second-order valence-electron chi connectivity index (χ2n) is 4.58. The average Bonchev–Trinajstić information content (AvgIpc) is 2.68. The largest absolute Gasteiger partial charge is 0.406 e. The monoisotopic (exact) mass is 354 g/mol. The van der Waals surface area contributed by atoms with Crippen molar-refractivity contribution in [3.63, 3.8) is 0 Å². The first-order valence-corrected chi connectivity index (χ1v) is 7.29. The molecule has 1 rings (SSSR count). The van der Waals surface area contributed by atoms with Gasteiger partial charge in [-0.25, -0.2) is 0 Å². The summed E-state index contributed by atoms with van der Waals surface area (Å²) in [6, 6.07) is 1.57. The number of hydrogen-bond acceptors (Lipinski definition) is 1. The van der Waals surface area contributed by atoms with E-state index in [1.165, 1.54) is 0 Å². The Morgan fingerprint density at radius 2 is 2.00 bits per heavy atom. The van der Waals surface area contributed by atoms with Gasteiger partial charge in [-0.1, -0.05) is 13.8 Å². The van der Waals surface area contributed by atoms with Gasteiger partial charge in [0, 0.05) is 23.8 Å². The van der Waals surface area contributed by atoms with Gasteiger partial charge >= 0.3 is 6.18 Å². The van der Waals surface area contributed by atoms with E-state index in [0.29, 0.717) is 17.4 Å². The topological polar surface area (TPSA) is 25.2 Å². The molecule has 0 aliphatic heterocycles. The van der Waals surface area contributed by atoms with Crippen molar-refractivity contribution >= 4 is 21.8 Å². The second-order valence-corrected chi connectivity index (χ2v) is 5.49. The van der Waals surface area contributed by atoms with E-state index in [1.807, 2.05) is 6.92 Å². The maximum Gasteiger partial charge on any atom is 0.406 e. The Labute approximate surface area is 124 Å². The minimum Gasteiger partial charge on any atom is -0.342 e. The van der Waals surface area contributed by atoms with Crippen LogP contribution in [-0.4, -0.2) is 34.6 Å². The number of aryl methyl sites for hydroxylation is 1. The SMILES string of the molecule is CCCN(CC(F)(F)F)C(=O)c1cc(Br)cn1CCC. The zero-order valence-corrected chi connectivity index (χ0v) is 13.1. The van der Waals surface area contributed by atoms with Gasteiger partial charge in [0.2, 0.25) is 0 Å². The lowest BCUT2D eigenvalue weighted by Crippen LogP contribution is -2.40. The second kappa shape index (κ2) is 7.15. The number of amides is 1. The number of carbonyl (C=O) groups is 1. The molecule has 3 nitrogen and oxygen atoms in total. The van der Waals surface area contributed by atoms with Gasteiger partial charge in [0.15, 0.2) is 0 Å². The summed E-state index contributed by atoms with van der Waals surface area (Å²) < 4.78 is 40.0. The van der Waals surface area contributed by atoms with Gasteiger partial charge < -0.3 is 9.47 Å². The Bertz CT molecular complexity index is 457. The van der Waals surface area contributed by atoms with Crippen LogP contribution in [0, 0.1) is 0 Å². The third-order valence-electron chi connectivity index (χ3n) is 2.70. The van der Waals surface area contributed by atoms with E-state index in [9.17, 15) is 18.0 Å². The van der Waals surface area contributed by atoms with Crippen LogP contribution in [0.15, 0.2) is 16.7 Å². The van der Waals surface area contributed by atoms with Gasteiger partial charge in [-0.2, -0.15) is 13.2 Å². The summed E-state index contributed by atoms with van der Waals surface area (Å²) in [5.41, 5.74) is 0.288. The molecule has 7 heteroatoms. The van der Waals surface area contributed by atoms with Crippen LogP contribution >= 0.6 is 15.9 Å². The van der Waals surface area contributed by atoms with Crippen molar-refractivity contribution in [1.29, 1.82) is 0 Å². The molecule has 1 heterocycles. The number of aromatic nitrogens is 1. The van der Waals surface area contributed by atoms with Crippen LogP contribution in [0.1, 0.15) is 37.2 Å². The van der Waals surface area contributed by atoms with E-state index in [4.69, 9.17) is 0 Å². The predicted octanol–water partition coefficient (Wildman–Crippen LogP) is 4.08. The number of hydrogen-bond donors (Lipinski definition) is 0. The summed E-state index contributed by atoms with van der Waals surface area (Å²) in [6.07, 6.45) is -1.38. The molecule has 0 N–H and O–H groups in total. The molecular formula is C13H18BrF3N2O. The normalized spacial score (nSPS) is 11.7. The standard InChI is InChI=1S/C13H18BrF3N2O/c1-3-5-18-8-10(14)7-11(18)12(20)19(6-4-2)9-13(15,16)17/h7-8H,3-6,9H2,1-2H3. The molecule has 0 aliphatic rings. The molecule has 1 amide bonds. The summed E-state index contributed by atoms with van der Waals surface area (Å²) in [6.45, 7) is 3.17. The van der Waals surface area contributed by atoms with Gasteiger partial charge in [0.05, 0.1) is 0 Å². The van der Waals surface area contributed by atoms with Crippen LogP contribution in [0.5, 0.6) is 0 Å². The number of carbonyl (C=O) groups excluding carboxylic acids is 1. The molecule has 0 unspecified atom stereocenters. The lowest BCUT2D eigenvalue weighted by atomic mass is 10.3. The lowest BCUT2D eigenvalue weighted by Gasteiger charge is -2.24. The van der Waals surface area contributed by atoms with E-state index in [2.05, 4.69) is 15.9 Å². The summed E-state index contributed by atoms with van der Waals surface area (Å²) in [4.78, 5) is 13.2. The summed E-state index contributed by atoms with van der Waals surface area (Å²) in [7, 11) is 0. The van der Waals surface area contributed by atoms with Gasteiger partial charge in [-0.05, 0) is 34.8 Å². The third-order valence-corrected chi connectivity index (χ3v) is 3.13. The molecular weight excluding hydrogens is 337 g/mol. The van der Waals surface area contributed by atoms with E-state index >= 15 is 0 Å². The minimum absolute atomic E-state index is 0.0905. The van der Waals surface area contributed by atoms with E-state index < -0.39 is 18.6 Å². The molecule has 114 valence electrons. The molecule has 20 heavy (non-hydrogen) atoms. The zero-order chi connectivity index (χ0) is 15.3. The highest BCUT2D eigenvalue weighted by molar-refractivity contribution is 9.10. The van der Waals surface area contributed by atoms with Crippen LogP contribution in [-0.2, 0) is 6.54 Å². The molecule has 0 atom stereocenters. The Morgan fingerprint density at radius 3 is 2.50 bits per heavy atom. The zero-order valence-electron chi connectivity index (χ0n) is 11.5. The van der Waals surface area contributed by atoms with Gasteiger partial charge in [0.25, 0.3) is 5.91 Å². The molecule has 0 aromatic carbocycles. The summed E-state index contributed by atoms with van der Waals surface area (Å²) in [5.74, 6) is -0.580. The van der Waals surface area contributed by atoms with Crippen molar-refractivity contribution in [3.8, 4) is 0 Å². The maximum atomic E-state index is 12.5. The molecule has 1 aromatic heterocycles. The highest BCUT2D eigenvalue weighted by Gasteiger charge is 2.33. The number of alkyl halides is 3. The minimum atomic E-state index is -4.38. The van der Waals surface area contributed by atoms with Crippen molar-refractivity contribution in [3.05, 3.63) is 22.4 Å². The fourth-order valence-electron chi connectivity index (χ4n) is 1.98. The highest BCUT2D eigenvalue weighted by Crippen LogP contribution is 2.21. The number of rotatable bonds is 6. The average molecular weight is 355 g/mol. The molecule has 0 spiro atoms. The van der Waals surface area contributed by atoms with Gasteiger partial charge in [-0.3, -0.25) is 4.79 Å². The third kappa shape index (κ3) is 4.85. The van der Waals surface area contributed by atoms with Crippen molar-refractivity contribution in [1.82, 2.24) is 9.47 Å². The van der Waals surface area contributed by atoms with E-state index in [1.54, 1.807) is 23.8 Å². The van der Waals surface area contributed by atoms with Crippen molar-refractivity contribution in [2.45, 2.75) is 39.4 Å². The predicted molar refractivity (Wildman–Crippen MR) is 74.7 cm³/mol. The Balaban J connectivity index is 2.99. The fourth-order valence-corrected chi connectivity index (χ4v) is 2.44. The van der Waals surface area contributed by atoms with Crippen LogP contribution in [0.4, 0.5) is 13.2 Å². The Hall–Kier alpha value is -0.980. The van der Waals surface area contributed by atoms with Crippen LogP contribution in [0.3, 0.4) is 0 Å². The molecule has 0 saturated heterocycles. The first-order chi connectivity index (χ1) is 9.28. The highest BCUT2D eigenvalue weighted by atomic mass is 79.9. The first kappa shape index (κ1) is 17.1. The molecule has 1 aromatic rings. The van der Waals surface area contributed by atoms with Gasteiger partial charge in [-0.15, -0.1) is 0 Å². The van der Waals surface area contributed by atoms with Crippen LogP contribution in [0.2, 0.25) is 0 Å². The van der Waals surface area contributed by atoms with Crippen molar-refractivity contribution in [2.24, 2.45) is 0 Å². The van der Waals surface area contributed by atoms with Crippen LogP contribution in [0.25, 0.3) is 0 Å². The summed E-state index contributed by atoms with van der Waals surface area (Å²) >= 11 is 3.26. The maximum absolute atomic E-state index is 12.5. The molecule has 0 bridgehead atoms. The van der Waals surface area contributed by atoms with E-state index in [0.717, 1.165) is 11.3 Å². The smallest absolute Gasteiger partial charge is 0.342 e. The van der Waals surface area contributed by atoms with Crippen molar-refractivity contribution < 1.29 is 18.0 Å². The Morgan fingerprint density at radius 1 is 1.35 bits per heavy atom. The van der Waals surface area contributed by atoms with E-state index in [-0.39, 0.29) is 12.2 Å². The number of halogens is 4. The lowest BCUT2D eigenvalue weighted by molar-refractivity contribution is -0.140. The molecule has 0 aliphatic carbocycles. The quantitative estimate of drug-likeness (QED) is 0.755. The Kier molecular flexibility index (Phi) is 6.10. The molecule has 0 fully saturated rings. The summed E-state index contributed by atoms with van der Waals surface area (Å²) in [5, 5.41) is 0.